The summed E-state index contributed by atoms with van der Waals surface area (Å²) in [6, 6.07) is 2.46. The highest BCUT2D eigenvalue weighted by molar-refractivity contribution is 5.94. The fraction of sp³-hybridized carbons (Fsp3) is 0.364. The van der Waals surface area contributed by atoms with Crippen LogP contribution in [0.5, 0.6) is 0 Å². The number of nitrogens with one attached hydrogen (secondary N) is 1. The summed E-state index contributed by atoms with van der Waals surface area (Å²) >= 11 is 0. The molecule has 1 unspecified atom stereocenters. The van der Waals surface area contributed by atoms with Crippen LogP contribution >= 0.6 is 0 Å². The Morgan fingerprint density at radius 3 is 2.59 bits per heavy atom. The van der Waals surface area contributed by atoms with E-state index in [-0.39, 0.29) is 6.42 Å². The van der Waals surface area contributed by atoms with Gasteiger partial charge in [-0.15, -0.1) is 0 Å². The SMILES string of the molecule is COCCC(N)C(=O)Nc1c(F)cccc1F. The van der Waals surface area contributed by atoms with Gasteiger partial charge in [-0.3, -0.25) is 4.79 Å². The molecule has 0 aromatic heterocycles. The van der Waals surface area contributed by atoms with Crippen LogP contribution in [0, 0.1) is 11.6 Å². The minimum atomic E-state index is -0.867. The normalized spacial score (nSPS) is 12.2. The molecule has 94 valence electrons. The maximum Gasteiger partial charge on any atom is 0.241 e. The van der Waals surface area contributed by atoms with E-state index in [1.807, 2.05) is 0 Å². The van der Waals surface area contributed by atoms with E-state index in [9.17, 15) is 13.6 Å². The fourth-order valence-corrected chi connectivity index (χ4v) is 1.21. The third-order valence-electron chi connectivity index (χ3n) is 2.18. The van der Waals surface area contributed by atoms with E-state index in [0.717, 1.165) is 12.1 Å². The van der Waals surface area contributed by atoms with Crippen molar-refractivity contribution in [2.75, 3.05) is 19.0 Å². The monoisotopic (exact) mass is 244 g/mol. The summed E-state index contributed by atoms with van der Waals surface area (Å²) in [7, 11) is 1.47. The minimum Gasteiger partial charge on any atom is -0.385 e. The molecule has 0 aliphatic carbocycles. The van der Waals surface area contributed by atoms with Crippen molar-refractivity contribution in [1.29, 1.82) is 0 Å². The molecule has 6 heteroatoms. The lowest BCUT2D eigenvalue weighted by Gasteiger charge is -2.12. The van der Waals surface area contributed by atoms with Gasteiger partial charge in [-0.05, 0) is 18.6 Å². The molecule has 1 atom stereocenters. The summed E-state index contributed by atoms with van der Waals surface area (Å²) in [6.07, 6.45) is 0.276. The van der Waals surface area contributed by atoms with E-state index in [4.69, 9.17) is 10.5 Å². The van der Waals surface area contributed by atoms with E-state index in [1.54, 1.807) is 0 Å². The van der Waals surface area contributed by atoms with Gasteiger partial charge in [0.25, 0.3) is 0 Å². The number of carbonyl (C=O) groups is 1. The molecule has 0 bridgehead atoms. The minimum absolute atomic E-state index is 0.276. The smallest absolute Gasteiger partial charge is 0.241 e. The summed E-state index contributed by atoms with van der Waals surface area (Å²) in [5.41, 5.74) is 5.03. The second-order valence-corrected chi connectivity index (χ2v) is 3.47. The number of rotatable bonds is 5. The van der Waals surface area contributed by atoms with Crippen LogP contribution < -0.4 is 11.1 Å². The van der Waals surface area contributed by atoms with Gasteiger partial charge in [0, 0.05) is 13.7 Å². The number of carbonyl (C=O) groups excluding carboxylic acids is 1. The molecule has 0 saturated heterocycles. The highest BCUT2D eigenvalue weighted by Crippen LogP contribution is 2.18. The van der Waals surface area contributed by atoms with Gasteiger partial charge in [0.1, 0.15) is 17.3 Å². The van der Waals surface area contributed by atoms with E-state index in [0.29, 0.717) is 6.61 Å². The number of hydrogen-bond donors (Lipinski definition) is 2. The van der Waals surface area contributed by atoms with E-state index >= 15 is 0 Å². The Hall–Kier alpha value is -1.53. The average Bonchev–Trinajstić information content (AvgIpc) is 2.30. The van der Waals surface area contributed by atoms with Gasteiger partial charge in [-0.1, -0.05) is 6.07 Å². The Bertz CT molecular complexity index is 379. The molecule has 1 aromatic carbocycles. The van der Waals surface area contributed by atoms with Gasteiger partial charge in [0.15, 0.2) is 0 Å². The van der Waals surface area contributed by atoms with Crippen molar-refractivity contribution >= 4 is 11.6 Å². The van der Waals surface area contributed by atoms with Crippen molar-refractivity contribution in [1.82, 2.24) is 0 Å². The van der Waals surface area contributed by atoms with Crippen LogP contribution in [-0.2, 0) is 9.53 Å². The zero-order valence-corrected chi connectivity index (χ0v) is 9.37. The summed E-state index contributed by atoms with van der Waals surface area (Å²) in [5, 5.41) is 2.12. The molecule has 17 heavy (non-hydrogen) atoms. The first-order valence-electron chi connectivity index (χ1n) is 5.05. The highest BCUT2D eigenvalue weighted by Gasteiger charge is 2.17. The lowest BCUT2D eigenvalue weighted by Crippen LogP contribution is -2.36. The lowest BCUT2D eigenvalue weighted by molar-refractivity contribution is -0.117. The Labute approximate surface area is 97.8 Å². The van der Waals surface area contributed by atoms with Gasteiger partial charge >= 0.3 is 0 Å². The van der Waals surface area contributed by atoms with Crippen LogP contribution in [0.1, 0.15) is 6.42 Å². The molecule has 0 heterocycles. The molecule has 1 amide bonds. The van der Waals surface area contributed by atoms with Crippen molar-refractivity contribution in [3.8, 4) is 0 Å². The van der Waals surface area contributed by atoms with Gasteiger partial charge in [-0.25, -0.2) is 8.78 Å². The molecule has 0 saturated carbocycles. The molecular weight excluding hydrogens is 230 g/mol. The predicted molar refractivity (Wildman–Crippen MR) is 59.5 cm³/mol. The summed E-state index contributed by atoms with van der Waals surface area (Å²) in [4.78, 5) is 11.5. The van der Waals surface area contributed by atoms with Crippen molar-refractivity contribution in [2.24, 2.45) is 5.73 Å². The molecule has 0 fully saturated rings. The molecular formula is C11H14F2N2O2. The van der Waals surface area contributed by atoms with Crippen molar-refractivity contribution in [2.45, 2.75) is 12.5 Å². The topological polar surface area (TPSA) is 64.3 Å². The number of methoxy groups -OCH3 is 1. The first-order valence-corrected chi connectivity index (χ1v) is 5.05. The van der Waals surface area contributed by atoms with Crippen molar-refractivity contribution in [3.63, 3.8) is 0 Å². The summed E-state index contributed by atoms with van der Waals surface area (Å²) < 4.78 is 31.2. The Kier molecular flexibility index (Phi) is 4.99. The predicted octanol–water partition coefficient (Wildman–Crippen LogP) is 1.27. The zero-order valence-electron chi connectivity index (χ0n) is 9.37. The van der Waals surface area contributed by atoms with Gasteiger partial charge in [-0.2, -0.15) is 0 Å². The van der Waals surface area contributed by atoms with E-state index in [2.05, 4.69) is 5.32 Å². The largest absolute Gasteiger partial charge is 0.385 e. The van der Waals surface area contributed by atoms with Gasteiger partial charge < -0.3 is 15.8 Å². The van der Waals surface area contributed by atoms with Crippen LogP contribution in [0.15, 0.2) is 18.2 Å². The molecule has 0 spiro atoms. The number of anilines is 1. The number of nitrogens with two attached hydrogens (primary N) is 1. The summed E-state index contributed by atoms with van der Waals surface area (Å²) in [6.45, 7) is 0.300. The van der Waals surface area contributed by atoms with Gasteiger partial charge in [0.2, 0.25) is 5.91 Å². The standard InChI is InChI=1S/C11H14F2N2O2/c1-17-6-5-9(14)11(16)15-10-7(12)3-2-4-8(10)13/h2-4,9H,5-6,14H2,1H3,(H,15,16). The van der Waals surface area contributed by atoms with Gasteiger partial charge in [0.05, 0.1) is 6.04 Å². The highest BCUT2D eigenvalue weighted by atomic mass is 19.1. The number of ether oxygens (including phenoxy) is 1. The van der Waals surface area contributed by atoms with Crippen LogP contribution in [0.2, 0.25) is 0 Å². The number of amides is 1. The second-order valence-electron chi connectivity index (χ2n) is 3.47. The first kappa shape index (κ1) is 13.5. The van der Waals surface area contributed by atoms with Crippen LogP contribution in [-0.4, -0.2) is 25.7 Å². The third kappa shape index (κ3) is 3.76. The number of para-hydroxylation sites is 1. The number of hydrogen-bond acceptors (Lipinski definition) is 3. The maximum absolute atomic E-state index is 13.2. The van der Waals surface area contributed by atoms with Crippen LogP contribution in [0.4, 0.5) is 14.5 Å². The summed E-state index contributed by atoms with van der Waals surface area (Å²) in [5.74, 6) is -2.32. The third-order valence-corrected chi connectivity index (χ3v) is 2.18. The molecule has 0 aliphatic rings. The Morgan fingerprint density at radius 2 is 2.06 bits per heavy atom. The van der Waals surface area contributed by atoms with Crippen LogP contribution in [0.25, 0.3) is 0 Å². The van der Waals surface area contributed by atoms with E-state index in [1.165, 1.54) is 13.2 Å². The molecule has 3 N–H and O–H groups in total. The second kappa shape index (κ2) is 6.27. The Balaban J connectivity index is 2.68. The molecule has 0 radical (unpaired) electrons. The molecule has 1 aromatic rings. The Morgan fingerprint density at radius 1 is 1.47 bits per heavy atom. The zero-order chi connectivity index (χ0) is 12.8. The number of benzene rings is 1. The van der Waals surface area contributed by atoms with Crippen LogP contribution in [0.3, 0.4) is 0 Å². The first-order chi connectivity index (χ1) is 8.06. The van der Waals surface area contributed by atoms with Crippen molar-refractivity contribution < 1.29 is 18.3 Å². The number of halogens is 2. The average molecular weight is 244 g/mol. The lowest BCUT2D eigenvalue weighted by atomic mass is 10.2. The fourth-order valence-electron chi connectivity index (χ4n) is 1.21. The maximum atomic E-state index is 13.2. The molecule has 4 nitrogen and oxygen atoms in total. The molecule has 1 rings (SSSR count). The quantitative estimate of drug-likeness (QED) is 0.819. The van der Waals surface area contributed by atoms with E-state index < -0.39 is 29.3 Å². The van der Waals surface area contributed by atoms with Crippen molar-refractivity contribution in [3.05, 3.63) is 29.8 Å². The molecule has 0 aliphatic heterocycles.